The minimum atomic E-state index is -0.0402. The summed E-state index contributed by atoms with van der Waals surface area (Å²) < 4.78 is 0.926. The number of rotatable bonds is 5. The molecule has 2 rings (SSSR count). The number of anilines is 1. The van der Waals surface area contributed by atoms with E-state index in [9.17, 15) is 9.59 Å². The summed E-state index contributed by atoms with van der Waals surface area (Å²) in [6.45, 7) is 4.96. The number of likely N-dealkylation sites (tertiary alicyclic amines) is 1. The van der Waals surface area contributed by atoms with Gasteiger partial charge in [-0.05, 0) is 43.9 Å². The summed E-state index contributed by atoms with van der Waals surface area (Å²) >= 11 is 3.43. The van der Waals surface area contributed by atoms with Gasteiger partial charge in [-0.3, -0.25) is 9.59 Å². The summed E-state index contributed by atoms with van der Waals surface area (Å²) in [4.78, 5) is 28.2. The largest absolute Gasteiger partial charge is 0.340 e. The zero-order valence-electron chi connectivity index (χ0n) is 13.9. The van der Waals surface area contributed by atoms with Crippen LogP contribution in [0.25, 0.3) is 0 Å². The molecule has 0 aromatic heterocycles. The molecule has 0 N–H and O–H groups in total. The molecule has 0 bridgehead atoms. The maximum Gasteiger partial charge on any atom is 0.224 e. The second-order valence-electron chi connectivity index (χ2n) is 6.05. The summed E-state index contributed by atoms with van der Waals surface area (Å²) in [5.74, 6) is 0.124. The molecule has 23 heavy (non-hydrogen) atoms. The SMILES string of the molecule is CCC1CCCCN1C(=O)CCN(C(C)=O)c1cccc(Br)c1. The van der Waals surface area contributed by atoms with Crippen molar-refractivity contribution in [1.82, 2.24) is 4.90 Å². The van der Waals surface area contributed by atoms with Gasteiger partial charge in [0.1, 0.15) is 0 Å². The van der Waals surface area contributed by atoms with Crippen LogP contribution in [-0.2, 0) is 9.59 Å². The Hall–Kier alpha value is -1.36. The Balaban J connectivity index is 2.01. The molecule has 1 aliphatic rings. The highest BCUT2D eigenvalue weighted by molar-refractivity contribution is 9.10. The molecule has 1 aliphatic heterocycles. The molecule has 4 nitrogen and oxygen atoms in total. The van der Waals surface area contributed by atoms with Crippen LogP contribution >= 0.6 is 15.9 Å². The molecule has 1 saturated heterocycles. The molecule has 0 radical (unpaired) electrons. The molecule has 1 aromatic carbocycles. The summed E-state index contributed by atoms with van der Waals surface area (Å²) in [5, 5.41) is 0. The highest BCUT2D eigenvalue weighted by Gasteiger charge is 2.25. The lowest BCUT2D eigenvalue weighted by Gasteiger charge is -2.35. The van der Waals surface area contributed by atoms with Crippen molar-refractivity contribution in [3.05, 3.63) is 28.7 Å². The molecule has 1 fully saturated rings. The molecule has 126 valence electrons. The smallest absolute Gasteiger partial charge is 0.224 e. The predicted octanol–water partition coefficient (Wildman–Crippen LogP) is 3.98. The van der Waals surface area contributed by atoms with E-state index in [0.717, 1.165) is 36.0 Å². The first kappa shape index (κ1) is 18.0. The van der Waals surface area contributed by atoms with Gasteiger partial charge in [0.25, 0.3) is 0 Å². The van der Waals surface area contributed by atoms with E-state index in [2.05, 4.69) is 22.9 Å². The average Bonchev–Trinajstić information content (AvgIpc) is 2.54. The Bertz CT molecular complexity index is 562. The number of carbonyl (C=O) groups is 2. The molecule has 1 atom stereocenters. The lowest BCUT2D eigenvalue weighted by Crippen LogP contribution is -2.44. The van der Waals surface area contributed by atoms with Crippen LogP contribution in [0.2, 0.25) is 0 Å². The molecule has 1 unspecified atom stereocenters. The Morgan fingerprint density at radius 2 is 2.13 bits per heavy atom. The summed E-state index contributed by atoms with van der Waals surface area (Å²) in [5.41, 5.74) is 0.824. The first-order valence-electron chi connectivity index (χ1n) is 8.36. The van der Waals surface area contributed by atoms with Gasteiger partial charge in [0.2, 0.25) is 11.8 Å². The van der Waals surface area contributed by atoms with Crippen molar-refractivity contribution < 1.29 is 9.59 Å². The highest BCUT2D eigenvalue weighted by Crippen LogP contribution is 2.22. The van der Waals surface area contributed by atoms with Crippen LogP contribution < -0.4 is 4.90 Å². The molecular weight excluding hydrogens is 356 g/mol. The van der Waals surface area contributed by atoms with Crippen LogP contribution in [-0.4, -0.2) is 35.8 Å². The Morgan fingerprint density at radius 1 is 1.35 bits per heavy atom. The third-order valence-electron chi connectivity index (χ3n) is 4.47. The van der Waals surface area contributed by atoms with Crippen LogP contribution in [0.1, 0.15) is 46.0 Å². The molecule has 1 aromatic rings. The van der Waals surface area contributed by atoms with Crippen LogP contribution in [0, 0.1) is 0 Å². The lowest BCUT2D eigenvalue weighted by atomic mass is 9.99. The third-order valence-corrected chi connectivity index (χ3v) is 4.96. The molecule has 5 heteroatoms. The van der Waals surface area contributed by atoms with E-state index in [4.69, 9.17) is 0 Å². The van der Waals surface area contributed by atoms with E-state index >= 15 is 0 Å². The van der Waals surface area contributed by atoms with Crippen LogP contribution in [0.5, 0.6) is 0 Å². The zero-order valence-corrected chi connectivity index (χ0v) is 15.5. The van der Waals surface area contributed by atoms with Gasteiger partial charge in [0.05, 0.1) is 0 Å². The van der Waals surface area contributed by atoms with Crippen molar-refractivity contribution in [3.8, 4) is 0 Å². The maximum atomic E-state index is 12.6. The predicted molar refractivity (Wildman–Crippen MR) is 96.4 cm³/mol. The fraction of sp³-hybridized carbons (Fsp3) is 0.556. The summed E-state index contributed by atoms with van der Waals surface area (Å²) in [6, 6.07) is 7.99. The number of hydrogen-bond donors (Lipinski definition) is 0. The summed E-state index contributed by atoms with van der Waals surface area (Å²) in [6.07, 6.45) is 4.78. The number of nitrogens with zero attached hydrogens (tertiary/aromatic N) is 2. The Morgan fingerprint density at radius 3 is 2.78 bits per heavy atom. The quantitative estimate of drug-likeness (QED) is 0.774. The minimum absolute atomic E-state index is 0.0402. The number of benzene rings is 1. The molecule has 0 aliphatic carbocycles. The van der Waals surface area contributed by atoms with Gasteiger partial charge in [-0.1, -0.05) is 28.9 Å². The Labute approximate surface area is 147 Å². The average molecular weight is 381 g/mol. The standard InChI is InChI=1S/C18H25BrN2O2/c1-3-16-8-4-5-11-21(16)18(23)10-12-20(14(2)22)17-9-6-7-15(19)13-17/h6-7,9,13,16H,3-5,8,10-12H2,1-2H3. The van der Waals surface area contributed by atoms with Gasteiger partial charge >= 0.3 is 0 Å². The minimum Gasteiger partial charge on any atom is -0.340 e. The van der Waals surface area contributed by atoms with Crippen molar-refractivity contribution in [2.75, 3.05) is 18.0 Å². The molecule has 0 spiro atoms. The van der Waals surface area contributed by atoms with Crippen molar-refractivity contribution in [1.29, 1.82) is 0 Å². The first-order valence-corrected chi connectivity index (χ1v) is 9.15. The van der Waals surface area contributed by atoms with Crippen LogP contribution in [0.3, 0.4) is 0 Å². The number of amides is 2. The third kappa shape index (κ3) is 4.80. The Kier molecular flexibility index (Phi) is 6.63. The monoisotopic (exact) mass is 380 g/mol. The van der Waals surface area contributed by atoms with Gasteiger partial charge in [-0.25, -0.2) is 0 Å². The molecule has 0 saturated carbocycles. The summed E-state index contributed by atoms with van der Waals surface area (Å²) in [7, 11) is 0. The van der Waals surface area contributed by atoms with Gasteiger partial charge in [-0.2, -0.15) is 0 Å². The fourth-order valence-corrected chi connectivity index (χ4v) is 3.60. The van der Waals surface area contributed by atoms with Gasteiger partial charge in [-0.15, -0.1) is 0 Å². The topological polar surface area (TPSA) is 40.6 Å². The van der Waals surface area contributed by atoms with E-state index < -0.39 is 0 Å². The number of piperidine rings is 1. The van der Waals surface area contributed by atoms with Crippen molar-refractivity contribution in [2.45, 2.75) is 52.0 Å². The van der Waals surface area contributed by atoms with Crippen LogP contribution in [0.4, 0.5) is 5.69 Å². The zero-order chi connectivity index (χ0) is 16.8. The van der Waals surface area contributed by atoms with Crippen LogP contribution in [0.15, 0.2) is 28.7 Å². The molecule has 1 heterocycles. The number of carbonyl (C=O) groups excluding carboxylic acids is 2. The highest BCUT2D eigenvalue weighted by atomic mass is 79.9. The van der Waals surface area contributed by atoms with E-state index in [-0.39, 0.29) is 11.8 Å². The second kappa shape index (κ2) is 8.48. The fourth-order valence-electron chi connectivity index (χ4n) is 3.22. The van der Waals surface area contributed by atoms with Gasteiger partial charge in [0.15, 0.2) is 0 Å². The normalized spacial score (nSPS) is 17.9. The maximum absolute atomic E-state index is 12.6. The van der Waals surface area contributed by atoms with Crippen molar-refractivity contribution >= 4 is 33.4 Å². The number of halogens is 1. The molecular formula is C18H25BrN2O2. The first-order chi connectivity index (χ1) is 11.0. The van der Waals surface area contributed by atoms with Crippen molar-refractivity contribution in [2.24, 2.45) is 0 Å². The lowest BCUT2D eigenvalue weighted by molar-refractivity contribution is -0.134. The van der Waals surface area contributed by atoms with E-state index in [1.807, 2.05) is 29.2 Å². The van der Waals surface area contributed by atoms with Crippen molar-refractivity contribution in [3.63, 3.8) is 0 Å². The van der Waals surface area contributed by atoms with E-state index in [0.29, 0.717) is 19.0 Å². The second-order valence-corrected chi connectivity index (χ2v) is 6.96. The van der Waals surface area contributed by atoms with Gasteiger partial charge < -0.3 is 9.80 Å². The number of hydrogen-bond acceptors (Lipinski definition) is 2. The van der Waals surface area contributed by atoms with E-state index in [1.165, 1.54) is 6.42 Å². The van der Waals surface area contributed by atoms with E-state index in [1.54, 1.807) is 11.8 Å². The van der Waals surface area contributed by atoms with Gasteiger partial charge in [0, 0.05) is 42.6 Å². The molecule has 2 amide bonds.